The molecule has 0 radical (unpaired) electrons. The van der Waals surface area contributed by atoms with Crippen molar-refractivity contribution in [3.63, 3.8) is 0 Å². The maximum Gasteiger partial charge on any atom is 0.159 e. The summed E-state index contributed by atoms with van der Waals surface area (Å²) in [6.07, 6.45) is 6.81. The van der Waals surface area contributed by atoms with Crippen molar-refractivity contribution in [3.05, 3.63) is 102 Å². The Labute approximate surface area is 219 Å². The van der Waals surface area contributed by atoms with Gasteiger partial charge in [0.25, 0.3) is 0 Å². The molecule has 0 aliphatic heterocycles. The Morgan fingerprint density at radius 2 is 1.84 bits per heavy atom. The number of halogens is 2. The second-order valence-corrected chi connectivity index (χ2v) is 11.5. The van der Waals surface area contributed by atoms with Gasteiger partial charge in [-0.05, 0) is 65.2 Å². The van der Waals surface area contributed by atoms with Crippen LogP contribution in [0.4, 0.5) is 4.39 Å². The van der Waals surface area contributed by atoms with Crippen LogP contribution in [0.2, 0.25) is 5.02 Å². The van der Waals surface area contributed by atoms with Crippen molar-refractivity contribution in [3.8, 4) is 28.3 Å². The maximum atomic E-state index is 13.4. The molecule has 37 heavy (non-hydrogen) atoms. The average Bonchev–Trinajstić information content (AvgIpc) is 3.35. The van der Waals surface area contributed by atoms with Crippen LogP contribution in [0.5, 0.6) is 5.75 Å². The van der Waals surface area contributed by atoms with E-state index in [2.05, 4.69) is 4.98 Å². The Bertz CT molecular complexity index is 1700. The van der Waals surface area contributed by atoms with Crippen molar-refractivity contribution in [1.29, 1.82) is 0 Å². The molecule has 0 spiro atoms. The minimum Gasteiger partial charge on any atom is -0.487 e. The molecule has 2 aromatic heterocycles. The molecule has 5 rings (SSSR count). The van der Waals surface area contributed by atoms with Gasteiger partial charge in [0.2, 0.25) is 0 Å². The topological polar surface area (TPSA) is 74.1 Å². The Morgan fingerprint density at radius 1 is 1.00 bits per heavy atom. The fourth-order valence-corrected chi connectivity index (χ4v) is 4.70. The van der Waals surface area contributed by atoms with E-state index >= 15 is 0 Å². The van der Waals surface area contributed by atoms with E-state index in [1.165, 1.54) is 18.4 Å². The lowest BCUT2D eigenvalue weighted by molar-refractivity contribution is 0.306. The van der Waals surface area contributed by atoms with Crippen LogP contribution in [0, 0.1) is 5.82 Å². The van der Waals surface area contributed by atoms with Crippen LogP contribution < -0.4 is 4.74 Å². The van der Waals surface area contributed by atoms with Gasteiger partial charge in [-0.2, -0.15) is 0 Å². The predicted molar refractivity (Wildman–Crippen MR) is 144 cm³/mol. The third kappa shape index (κ3) is 6.15. The summed E-state index contributed by atoms with van der Waals surface area (Å²) in [6.45, 7) is 0.614. The molecule has 0 saturated carbocycles. The first-order valence-corrected chi connectivity index (χ1v) is 14.0. The predicted octanol–water partition coefficient (Wildman–Crippen LogP) is 6.18. The minimum absolute atomic E-state index is 0.0968. The Kier molecular flexibility index (Phi) is 6.95. The number of aryl methyl sites for hydroxylation is 1. The summed E-state index contributed by atoms with van der Waals surface area (Å²) in [5, 5.41) is 1.29. The van der Waals surface area contributed by atoms with E-state index in [-0.39, 0.29) is 18.2 Å². The van der Waals surface area contributed by atoms with Gasteiger partial charge in [0.15, 0.2) is 5.82 Å². The van der Waals surface area contributed by atoms with Crippen LogP contribution in [-0.2, 0) is 23.0 Å². The molecule has 0 aliphatic rings. The molecule has 0 fully saturated rings. The highest BCUT2D eigenvalue weighted by molar-refractivity contribution is 7.90. The van der Waals surface area contributed by atoms with Gasteiger partial charge in [0, 0.05) is 42.3 Å². The molecule has 0 N–H and O–H groups in total. The normalized spacial score (nSPS) is 11.6. The number of hydrogen-bond donors (Lipinski definition) is 0. The second-order valence-electron chi connectivity index (χ2n) is 8.80. The van der Waals surface area contributed by atoms with Crippen molar-refractivity contribution in [1.82, 2.24) is 14.5 Å². The first kappa shape index (κ1) is 24.9. The molecule has 0 bridgehead atoms. The first-order valence-electron chi connectivity index (χ1n) is 11.5. The van der Waals surface area contributed by atoms with Gasteiger partial charge in [-0.25, -0.2) is 22.8 Å². The number of sulfone groups is 1. The SMILES string of the molecule is CS(=O)(=O)CCn1ccc(-c2ccc3nc(-c4ccc(OCc5cccc(F)c5)c(Cl)c4)ncc3c2)c1. The van der Waals surface area contributed by atoms with Crippen LogP contribution in [0.3, 0.4) is 0 Å². The summed E-state index contributed by atoms with van der Waals surface area (Å²) in [7, 11) is -3.02. The van der Waals surface area contributed by atoms with Crippen molar-refractivity contribution >= 4 is 32.3 Å². The fraction of sp³-hybridized carbons (Fsp3) is 0.143. The molecule has 0 aliphatic carbocycles. The summed E-state index contributed by atoms with van der Waals surface area (Å²) in [4.78, 5) is 9.22. The monoisotopic (exact) mass is 535 g/mol. The summed E-state index contributed by atoms with van der Waals surface area (Å²) in [5.74, 6) is 0.806. The third-order valence-electron chi connectivity index (χ3n) is 5.86. The number of benzene rings is 3. The van der Waals surface area contributed by atoms with E-state index in [1.54, 1.807) is 30.5 Å². The van der Waals surface area contributed by atoms with Gasteiger partial charge in [0.05, 0.1) is 16.3 Å². The molecule has 0 amide bonds. The molecule has 0 unspecified atom stereocenters. The number of hydrogen-bond acceptors (Lipinski definition) is 5. The van der Waals surface area contributed by atoms with E-state index in [0.717, 1.165) is 27.6 Å². The van der Waals surface area contributed by atoms with Gasteiger partial charge in [-0.15, -0.1) is 0 Å². The molecule has 6 nitrogen and oxygen atoms in total. The number of rotatable bonds is 8. The van der Waals surface area contributed by atoms with Gasteiger partial charge < -0.3 is 9.30 Å². The number of ether oxygens (including phenoxy) is 1. The quantitative estimate of drug-likeness (QED) is 0.237. The molecular formula is C28H23ClFN3O3S. The molecular weight excluding hydrogens is 513 g/mol. The Morgan fingerprint density at radius 3 is 2.62 bits per heavy atom. The summed E-state index contributed by atoms with van der Waals surface area (Å²) in [5.41, 5.74) is 4.22. The average molecular weight is 536 g/mol. The number of fused-ring (bicyclic) bond motifs is 1. The second kappa shape index (κ2) is 10.3. The summed E-state index contributed by atoms with van der Waals surface area (Å²) >= 11 is 6.44. The van der Waals surface area contributed by atoms with Gasteiger partial charge >= 0.3 is 0 Å². The highest BCUT2D eigenvalue weighted by atomic mass is 35.5. The molecule has 2 heterocycles. The van der Waals surface area contributed by atoms with Gasteiger partial charge in [-0.1, -0.05) is 29.8 Å². The van der Waals surface area contributed by atoms with Crippen LogP contribution in [0.25, 0.3) is 33.4 Å². The molecule has 9 heteroatoms. The molecule has 0 saturated heterocycles. The van der Waals surface area contributed by atoms with Crippen molar-refractivity contribution in [2.24, 2.45) is 0 Å². The first-order chi connectivity index (χ1) is 17.7. The Balaban J connectivity index is 1.32. The summed E-state index contributed by atoms with van der Waals surface area (Å²) in [6, 6.07) is 19.4. The van der Waals surface area contributed by atoms with E-state index in [0.29, 0.717) is 28.7 Å². The molecule has 3 aromatic carbocycles. The standard InChI is InChI=1S/C28H23ClFN3O3S/c1-37(34,35)12-11-33-10-9-22(17-33)20-5-7-26-23(14-20)16-31-28(32-26)21-6-8-27(25(29)15-21)36-18-19-3-2-4-24(30)13-19/h2-10,13-17H,11-12,18H2,1H3. The highest BCUT2D eigenvalue weighted by Crippen LogP contribution is 2.31. The largest absolute Gasteiger partial charge is 0.487 e. The van der Waals surface area contributed by atoms with Crippen LogP contribution in [0.1, 0.15) is 5.56 Å². The zero-order chi connectivity index (χ0) is 26.0. The minimum atomic E-state index is -3.02. The lowest BCUT2D eigenvalue weighted by Gasteiger charge is -2.10. The Hall–Kier alpha value is -3.75. The van der Waals surface area contributed by atoms with Crippen LogP contribution in [-0.4, -0.2) is 35.0 Å². The van der Waals surface area contributed by atoms with E-state index in [1.807, 2.05) is 47.3 Å². The van der Waals surface area contributed by atoms with E-state index in [9.17, 15) is 12.8 Å². The zero-order valence-electron chi connectivity index (χ0n) is 19.9. The summed E-state index contributed by atoms with van der Waals surface area (Å²) < 4.78 is 43.9. The zero-order valence-corrected chi connectivity index (χ0v) is 21.5. The van der Waals surface area contributed by atoms with Gasteiger partial charge in [0.1, 0.15) is 28.0 Å². The van der Waals surface area contributed by atoms with Crippen molar-refractivity contribution in [2.75, 3.05) is 12.0 Å². The van der Waals surface area contributed by atoms with E-state index in [4.69, 9.17) is 21.3 Å². The van der Waals surface area contributed by atoms with Crippen molar-refractivity contribution in [2.45, 2.75) is 13.2 Å². The number of aromatic nitrogens is 3. The number of nitrogens with zero attached hydrogens (tertiary/aromatic N) is 3. The van der Waals surface area contributed by atoms with Crippen LogP contribution in [0.15, 0.2) is 85.3 Å². The molecule has 0 atom stereocenters. The smallest absolute Gasteiger partial charge is 0.159 e. The lowest BCUT2D eigenvalue weighted by atomic mass is 10.1. The molecule has 5 aromatic rings. The third-order valence-corrected chi connectivity index (χ3v) is 7.08. The maximum absolute atomic E-state index is 13.4. The lowest BCUT2D eigenvalue weighted by Crippen LogP contribution is -2.09. The molecule has 188 valence electrons. The van der Waals surface area contributed by atoms with Crippen molar-refractivity contribution < 1.29 is 17.5 Å². The van der Waals surface area contributed by atoms with Crippen LogP contribution >= 0.6 is 11.6 Å². The van der Waals surface area contributed by atoms with E-state index < -0.39 is 9.84 Å². The highest BCUT2D eigenvalue weighted by Gasteiger charge is 2.10. The fourth-order valence-electron chi connectivity index (χ4n) is 3.92. The van der Waals surface area contributed by atoms with Gasteiger partial charge in [-0.3, -0.25) is 0 Å².